The number of carbonyl (C=O) groups is 2. The molecule has 7 heteroatoms. The summed E-state index contributed by atoms with van der Waals surface area (Å²) in [5.74, 6) is 0.580. The minimum Gasteiger partial charge on any atom is -0.494 e. The predicted molar refractivity (Wildman–Crippen MR) is 148 cm³/mol. The van der Waals surface area contributed by atoms with Crippen molar-refractivity contribution in [3.63, 3.8) is 0 Å². The van der Waals surface area contributed by atoms with Gasteiger partial charge in [0.05, 0.1) is 13.0 Å². The standard InChI is InChI=1S/C31H37N3O4/c32-30(35)22-24-9-7-14-28(21-24)38-20-8-17-34(27-15-18-33(19-16-27)31(36)37)23-29(25-10-3-1-4-11-25)26-12-5-2-6-13-26/h1-7,9-14,21,27,29H,8,15-20,22-23H2,(H2,32,35)(H,36,37). The third kappa shape index (κ3) is 7.83. The van der Waals surface area contributed by atoms with Gasteiger partial charge in [-0.3, -0.25) is 9.69 Å². The number of rotatable bonds is 12. The molecule has 1 aliphatic heterocycles. The van der Waals surface area contributed by atoms with E-state index in [9.17, 15) is 14.7 Å². The predicted octanol–water partition coefficient (Wildman–Crippen LogP) is 4.76. The van der Waals surface area contributed by atoms with E-state index >= 15 is 0 Å². The molecule has 0 radical (unpaired) electrons. The second kappa shape index (κ2) is 13.6. The van der Waals surface area contributed by atoms with Crippen LogP contribution in [0.1, 0.15) is 41.9 Å². The fourth-order valence-electron chi connectivity index (χ4n) is 5.26. The highest BCUT2D eigenvalue weighted by Gasteiger charge is 2.29. The van der Waals surface area contributed by atoms with E-state index in [1.807, 2.05) is 36.4 Å². The van der Waals surface area contributed by atoms with Gasteiger partial charge in [0.2, 0.25) is 5.91 Å². The number of likely N-dealkylation sites (tertiary alicyclic amines) is 1. The second-order valence-electron chi connectivity index (χ2n) is 9.86. The topological polar surface area (TPSA) is 96.1 Å². The zero-order valence-corrected chi connectivity index (χ0v) is 21.7. The van der Waals surface area contributed by atoms with Crippen LogP contribution in [0.15, 0.2) is 84.9 Å². The number of primary amides is 1. The van der Waals surface area contributed by atoms with E-state index in [1.165, 1.54) is 16.0 Å². The summed E-state index contributed by atoms with van der Waals surface area (Å²) >= 11 is 0. The van der Waals surface area contributed by atoms with Crippen molar-refractivity contribution in [3.8, 4) is 5.75 Å². The van der Waals surface area contributed by atoms with Gasteiger partial charge in [-0.1, -0.05) is 72.8 Å². The number of amides is 2. The molecule has 0 bridgehead atoms. The number of carboxylic acid groups (broad SMARTS) is 1. The summed E-state index contributed by atoms with van der Waals surface area (Å²) in [6.45, 7) is 3.35. The lowest BCUT2D eigenvalue weighted by atomic mass is 9.89. The molecule has 1 saturated heterocycles. The molecule has 1 heterocycles. The van der Waals surface area contributed by atoms with E-state index in [2.05, 4.69) is 53.4 Å². The van der Waals surface area contributed by atoms with Crippen molar-refractivity contribution in [2.75, 3.05) is 32.8 Å². The zero-order chi connectivity index (χ0) is 26.7. The van der Waals surface area contributed by atoms with Gasteiger partial charge < -0.3 is 20.5 Å². The Morgan fingerprint density at radius 3 is 2.16 bits per heavy atom. The van der Waals surface area contributed by atoms with Crippen molar-refractivity contribution >= 4 is 12.0 Å². The minimum absolute atomic E-state index is 0.195. The number of nitrogens with zero attached hydrogens (tertiary/aromatic N) is 2. The highest BCUT2D eigenvalue weighted by atomic mass is 16.5. The molecule has 3 aromatic rings. The van der Waals surface area contributed by atoms with Crippen molar-refractivity contribution < 1.29 is 19.4 Å². The number of hydrogen-bond acceptors (Lipinski definition) is 4. The lowest BCUT2D eigenvalue weighted by molar-refractivity contribution is -0.117. The molecule has 3 N–H and O–H groups in total. The first-order chi connectivity index (χ1) is 18.5. The highest BCUT2D eigenvalue weighted by Crippen LogP contribution is 2.28. The Bertz CT molecular complexity index is 1120. The normalized spacial score (nSPS) is 14.1. The van der Waals surface area contributed by atoms with E-state index in [-0.39, 0.29) is 18.2 Å². The second-order valence-corrected chi connectivity index (χ2v) is 9.86. The molecule has 0 atom stereocenters. The number of carbonyl (C=O) groups excluding carboxylic acids is 1. The largest absolute Gasteiger partial charge is 0.494 e. The monoisotopic (exact) mass is 515 g/mol. The van der Waals surface area contributed by atoms with Gasteiger partial charge in [0.1, 0.15) is 5.75 Å². The average molecular weight is 516 g/mol. The van der Waals surface area contributed by atoms with Crippen molar-refractivity contribution in [1.82, 2.24) is 9.80 Å². The first-order valence-corrected chi connectivity index (χ1v) is 13.3. The van der Waals surface area contributed by atoms with Crippen LogP contribution in [0.2, 0.25) is 0 Å². The molecule has 1 fully saturated rings. The SMILES string of the molecule is NC(=O)Cc1cccc(OCCCN(CC(c2ccccc2)c2ccccc2)C2CCN(C(=O)O)CC2)c1. The zero-order valence-electron chi connectivity index (χ0n) is 21.7. The summed E-state index contributed by atoms with van der Waals surface area (Å²) in [7, 11) is 0. The lowest BCUT2D eigenvalue weighted by Crippen LogP contribution is -2.48. The van der Waals surface area contributed by atoms with Crippen molar-refractivity contribution in [3.05, 3.63) is 102 Å². The van der Waals surface area contributed by atoms with E-state index in [1.54, 1.807) is 0 Å². The van der Waals surface area contributed by atoms with Gasteiger partial charge in [0.15, 0.2) is 0 Å². The molecule has 1 aliphatic rings. The fraction of sp³-hybridized carbons (Fsp3) is 0.355. The van der Waals surface area contributed by atoms with E-state index in [0.717, 1.165) is 43.7 Å². The van der Waals surface area contributed by atoms with Crippen LogP contribution in [0.5, 0.6) is 5.75 Å². The lowest BCUT2D eigenvalue weighted by Gasteiger charge is -2.39. The van der Waals surface area contributed by atoms with Crippen LogP contribution < -0.4 is 10.5 Å². The maximum absolute atomic E-state index is 11.5. The minimum atomic E-state index is -0.839. The number of piperidine rings is 1. The van der Waals surface area contributed by atoms with Crippen LogP contribution >= 0.6 is 0 Å². The summed E-state index contributed by atoms with van der Waals surface area (Å²) in [5.41, 5.74) is 8.72. The molecule has 0 unspecified atom stereocenters. The highest BCUT2D eigenvalue weighted by molar-refractivity contribution is 5.76. The van der Waals surface area contributed by atoms with Gasteiger partial charge in [-0.15, -0.1) is 0 Å². The summed E-state index contributed by atoms with van der Waals surface area (Å²) in [4.78, 5) is 26.8. The Balaban J connectivity index is 1.45. The molecular formula is C31H37N3O4. The van der Waals surface area contributed by atoms with Gasteiger partial charge in [0, 0.05) is 38.1 Å². The van der Waals surface area contributed by atoms with Crippen LogP contribution in [0.4, 0.5) is 4.79 Å². The molecule has 2 amide bonds. The number of nitrogens with two attached hydrogens (primary N) is 1. The molecule has 0 saturated carbocycles. The van der Waals surface area contributed by atoms with E-state index in [0.29, 0.717) is 25.7 Å². The van der Waals surface area contributed by atoms with Crippen LogP contribution in [0.25, 0.3) is 0 Å². The first kappa shape index (κ1) is 27.2. The van der Waals surface area contributed by atoms with E-state index in [4.69, 9.17) is 10.5 Å². The third-order valence-electron chi connectivity index (χ3n) is 7.21. The molecule has 4 rings (SSSR count). The third-order valence-corrected chi connectivity index (χ3v) is 7.21. The molecule has 7 nitrogen and oxygen atoms in total. The Labute approximate surface area is 224 Å². The summed E-state index contributed by atoms with van der Waals surface area (Å²) in [6.07, 6.45) is 1.82. The molecular weight excluding hydrogens is 478 g/mol. The van der Waals surface area contributed by atoms with Gasteiger partial charge in [-0.05, 0) is 48.1 Å². The maximum Gasteiger partial charge on any atom is 0.407 e. The number of benzene rings is 3. The van der Waals surface area contributed by atoms with Crippen LogP contribution in [0, 0.1) is 0 Å². The van der Waals surface area contributed by atoms with Crippen LogP contribution in [-0.4, -0.2) is 65.7 Å². The summed E-state index contributed by atoms with van der Waals surface area (Å²) < 4.78 is 6.02. The van der Waals surface area contributed by atoms with Gasteiger partial charge in [-0.2, -0.15) is 0 Å². The maximum atomic E-state index is 11.5. The van der Waals surface area contributed by atoms with E-state index < -0.39 is 6.09 Å². The quantitative estimate of drug-likeness (QED) is 0.339. The van der Waals surface area contributed by atoms with Crippen molar-refractivity contribution in [2.24, 2.45) is 5.73 Å². The molecule has 0 aromatic heterocycles. The van der Waals surface area contributed by atoms with Gasteiger partial charge in [0.25, 0.3) is 0 Å². The molecule has 3 aromatic carbocycles. The summed E-state index contributed by atoms with van der Waals surface area (Å²) in [5, 5.41) is 9.43. The smallest absolute Gasteiger partial charge is 0.407 e. The Kier molecular flexibility index (Phi) is 9.76. The first-order valence-electron chi connectivity index (χ1n) is 13.3. The Morgan fingerprint density at radius 1 is 0.947 bits per heavy atom. The number of ether oxygens (including phenoxy) is 1. The average Bonchev–Trinajstić information content (AvgIpc) is 2.93. The Hall–Kier alpha value is -3.84. The van der Waals surface area contributed by atoms with Crippen LogP contribution in [-0.2, 0) is 11.2 Å². The van der Waals surface area contributed by atoms with Gasteiger partial charge in [-0.25, -0.2) is 4.79 Å². The van der Waals surface area contributed by atoms with Crippen molar-refractivity contribution in [1.29, 1.82) is 0 Å². The molecule has 0 aliphatic carbocycles. The summed E-state index contributed by atoms with van der Waals surface area (Å²) in [6, 6.07) is 29.0. The van der Waals surface area contributed by atoms with Gasteiger partial charge >= 0.3 is 6.09 Å². The number of hydrogen-bond donors (Lipinski definition) is 2. The molecule has 38 heavy (non-hydrogen) atoms. The molecule has 0 spiro atoms. The fourth-order valence-corrected chi connectivity index (χ4v) is 5.26. The molecule has 200 valence electrons. The Morgan fingerprint density at radius 2 is 1.58 bits per heavy atom. The van der Waals surface area contributed by atoms with Crippen molar-refractivity contribution in [2.45, 2.75) is 37.6 Å². The van der Waals surface area contributed by atoms with Crippen LogP contribution in [0.3, 0.4) is 0 Å².